The predicted octanol–water partition coefficient (Wildman–Crippen LogP) is 5.46. The van der Waals surface area contributed by atoms with Crippen LogP contribution in [0.5, 0.6) is 0 Å². The molecule has 0 aromatic rings. The van der Waals surface area contributed by atoms with E-state index in [4.69, 9.17) is 4.74 Å². The van der Waals surface area contributed by atoms with Crippen LogP contribution >= 0.6 is 0 Å². The number of fused-ring (bicyclic) bond motifs is 4. The average Bonchev–Trinajstić information content (AvgIpc) is 3.10. The first-order valence-corrected chi connectivity index (χ1v) is 12.3. The molecular formula is C27H38O3. The maximum Gasteiger partial charge on any atom is 0.313 e. The second kappa shape index (κ2) is 7.36. The maximum atomic E-state index is 12.7. The summed E-state index contributed by atoms with van der Waals surface area (Å²) in [6.45, 7) is 7.52. The van der Waals surface area contributed by atoms with Gasteiger partial charge in [-0.1, -0.05) is 51.2 Å². The molecule has 4 aliphatic carbocycles. The molecule has 30 heavy (non-hydrogen) atoms. The smallest absolute Gasteiger partial charge is 0.313 e. The fraction of sp³-hybridized carbons (Fsp3) is 0.741. The maximum absolute atomic E-state index is 12.7. The monoisotopic (exact) mass is 410 g/mol. The molecule has 0 aromatic carbocycles. The summed E-state index contributed by atoms with van der Waals surface area (Å²) in [6, 6.07) is 0. The van der Waals surface area contributed by atoms with E-state index >= 15 is 0 Å². The van der Waals surface area contributed by atoms with Crippen LogP contribution in [0.4, 0.5) is 0 Å². The lowest BCUT2D eigenvalue weighted by Gasteiger charge is -2.58. The highest BCUT2D eigenvalue weighted by molar-refractivity contribution is 5.76. The largest absolute Gasteiger partial charge is 0.465 e. The minimum Gasteiger partial charge on any atom is -0.465 e. The van der Waals surface area contributed by atoms with E-state index in [1.807, 2.05) is 0 Å². The summed E-state index contributed by atoms with van der Waals surface area (Å²) in [5.74, 6) is 2.87. The molecule has 0 amide bonds. The van der Waals surface area contributed by atoms with E-state index in [1.54, 1.807) is 0 Å². The standard InChI is InChI=1S/C27H38O3/c1-17(2)5-4-6-21-24-10-9-23-20-8-7-18-15-19(28)11-13-26(18,3)22(20)12-14-27(23,24)16-30-25(21)29/h4,6-8,15,17,19-24,28H,5,9-14,16H2,1-3H3. The number of allylic oxidation sites excluding steroid dienone is 4. The SMILES string of the molecule is CC(C)CC=CC1C(=O)OCC23CCC4C(C=CC5=CC(O)CCC54C)C2CCC13. The molecule has 5 aliphatic rings. The van der Waals surface area contributed by atoms with Gasteiger partial charge in [0, 0.05) is 5.41 Å². The minimum absolute atomic E-state index is 0.00559. The molecule has 0 aromatic heterocycles. The molecule has 1 N–H and O–H groups in total. The molecule has 0 bridgehead atoms. The Morgan fingerprint density at radius 2 is 1.97 bits per heavy atom. The van der Waals surface area contributed by atoms with E-state index in [0.717, 1.165) is 25.7 Å². The van der Waals surface area contributed by atoms with Gasteiger partial charge in [-0.2, -0.15) is 0 Å². The number of aliphatic hydroxyl groups excluding tert-OH is 1. The third-order valence-electron chi connectivity index (χ3n) is 9.56. The van der Waals surface area contributed by atoms with Gasteiger partial charge in [0.25, 0.3) is 0 Å². The molecule has 0 radical (unpaired) electrons. The van der Waals surface area contributed by atoms with E-state index in [-0.39, 0.29) is 28.8 Å². The predicted molar refractivity (Wildman–Crippen MR) is 118 cm³/mol. The molecule has 3 heteroatoms. The number of rotatable bonds is 3. The fourth-order valence-electron chi connectivity index (χ4n) is 8.00. The van der Waals surface area contributed by atoms with Crippen molar-refractivity contribution < 1.29 is 14.6 Å². The van der Waals surface area contributed by atoms with Crippen molar-refractivity contribution in [2.75, 3.05) is 6.61 Å². The highest BCUT2D eigenvalue weighted by atomic mass is 16.5. The Hall–Kier alpha value is -1.35. The molecule has 1 spiro atoms. The molecular weight excluding hydrogens is 372 g/mol. The zero-order chi connectivity index (χ0) is 21.1. The number of hydrogen-bond donors (Lipinski definition) is 1. The number of hydrogen-bond acceptors (Lipinski definition) is 3. The molecule has 164 valence electrons. The topological polar surface area (TPSA) is 46.5 Å². The summed E-state index contributed by atoms with van der Waals surface area (Å²) in [6.07, 6.45) is 18.8. The van der Waals surface area contributed by atoms with Gasteiger partial charge in [-0.25, -0.2) is 0 Å². The molecule has 1 aliphatic heterocycles. The van der Waals surface area contributed by atoms with Crippen molar-refractivity contribution in [2.45, 2.75) is 71.8 Å². The van der Waals surface area contributed by atoms with Crippen molar-refractivity contribution in [3.8, 4) is 0 Å². The number of ether oxygens (including phenoxy) is 1. The van der Waals surface area contributed by atoms with E-state index < -0.39 is 0 Å². The zero-order valence-corrected chi connectivity index (χ0v) is 18.8. The van der Waals surface area contributed by atoms with E-state index in [2.05, 4.69) is 51.2 Å². The molecule has 2 saturated carbocycles. The van der Waals surface area contributed by atoms with Crippen molar-refractivity contribution in [3.63, 3.8) is 0 Å². The van der Waals surface area contributed by atoms with Crippen LogP contribution < -0.4 is 0 Å². The first-order valence-electron chi connectivity index (χ1n) is 12.3. The van der Waals surface area contributed by atoms with Gasteiger partial charge in [0.05, 0.1) is 18.6 Å². The minimum atomic E-state index is -0.281. The van der Waals surface area contributed by atoms with Gasteiger partial charge in [0.15, 0.2) is 0 Å². The van der Waals surface area contributed by atoms with Gasteiger partial charge in [0.1, 0.15) is 0 Å². The summed E-state index contributed by atoms with van der Waals surface area (Å²) < 4.78 is 5.89. The lowest BCUT2D eigenvalue weighted by atomic mass is 9.47. The second-order valence-corrected chi connectivity index (χ2v) is 11.4. The van der Waals surface area contributed by atoms with Crippen LogP contribution in [0, 0.1) is 46.3 Å². The summed E-state index contributed by atoms with van der Waals surface area (Å²) in [5.41, 5.74) is 1.72. The fourth-order valence-corrected chi connectivity index (χ4v) is 8.00. The Kier molecular flexibility index (Phi) is 5.04. The van der Waals surface area contributed by atoms with E-state index in [9.17, 15) is 9.90 Å². The van der Waals surface area contributed by atoms with Gasteiger partial charge in [0.2, 0.25) is 0 Å². The van der Waals surface area contributed by atoms with Crippen LogP contribution in [0.15, 0.2) is 36.0 Å². The highest BCUT2D eigenvalue weighted by Crippen LogP contribution is 2.67. The number of aliphatic hydroxyl groups is 1. The highest BCUT2D eigenvalue weighted by Gasteiger charge is 2.63. The van der Waals surface area contributed by atoms with Crippen LogP contribution in [0.3, 0.4) is 0 Å². The molecule has 1 saturated heterocycles. The van der Waals surface area contributed by atoms with Crippen LogP contribution in [0.1, 0.15) is 65.7 Å². The average molecular weight is 411 g/mol. The first-order chi connectivity index (χ1) is 14.3. The number of carbonyl (C=O) groups is 1. The van der Waals surface area contributed by atoms with Crippen LogP contribution in [-0.4, -0.2) is 23.8 Å². The van der Waals surface area contributed by atoms with Crippen molar-refractivity contribution in [3.05, 3.63) is 36.0 Å². The molecule has 3 fully saturated rings. The van der Waals surface area contributed by atoms with Crippen molar-refractivity contribution >= 4 is 5.97 Å². The van der Waals surface area contributed by atoms with E-state index in [0.29, 0.717) is 36.2 Å². The number of esters is 1. The molecule has 5 rings (SSSR count). The zero-order valence-electron chi connectivity index (χ0n) is 18.8. The summed E-state index contributed by atoms with van der Waals surface area (Å²) in [5, 5.41) is 10.2. The number of carbonyl (C=O) groups excluding carboxylic acids is 1. The Morgan fingerprint density at radius 3 is 2.77 bits per heavy atom. The van der Waals surface area contributed by atoms with Gasteiger partial charge in [-0.3, -0.25) is 4.79 Å². The summed E-state index contributed by atoms with van der Waals surface area (Å²) in [7, 11) is 0. The number of cyclic esters (lactones) is 1. The molecule has 1 heterocycles. The quantitative estimate of drug-likeness (QED) is 0.496. The summed E-state index contributed by atoms with van der Waals surface area (Å²) >= 11 is 0. The lowest BCUT2D eigenvalue weighted by Crippen LogP contribution is -2.55. The van der Waals surface area contributed by atoms with Gasteiger partial charge in [-0.15, -0.1) is 0 Å². The Morgan fingerprint density at radius 1 is 1.17 bits per heavy atom. The van der Waals surface area contributed by atoms with Crippen molar-refractivity contribution in [2.24, 2.45) is 46.3 Å². The van der Waals surface area contributed by atoms with E-state index in [1.165, 1.54) is 24.8 Å². The molecule has 3 nitrogen and oxygen atoms in total. The Labute approximate surface area is 181 Å². The Balaban J connectivity index is 1.44. The normalized spacial score (nSPS) is 47.4. The van der Waals surface area contributed by atoms with Crippen LogP contribution in [0.25, 0.3) is 0 Å². The van der Waals surface area contributed by atoms with Crippen LogP contribution in [0.2, 0.25) is 0 Å². The third kappa shape index (κ3) is 2.98. The Bertz CT molecular complexity index is 792. The first kappa shape index (κ1) is 20.5. The summed E-state index contributed by atoms with van der Waals surface area (Å²) in [4.78, 5) is 12.7. The molecule has 8 atom stereocenters. The second-order valence-electron chi connectivity index (χ2n) is 11.4. The van der Waals surface area contributed by atoms with Gasteiger partial charge >= 0.3 is 5.97 Å². The lowest BCUT2D eigenvalue weighted by molar-refractivity contribution is -0.175. The third-order valence-corrected chi connectivity index (χ3v) is 9.56. The van der Waals surface area contributed by atoms with Gasteiger partial charge in [-0.05, 0) is 85.5 Å². The molecule has 8 unspecified atom stereocenters. The van der Waals surface area contributed by atoms with Crippen molar-refractivity contribution in [1.29, 1.82) is 0 Å². The van der Waals surface area contributed by atoms with Gasteiger partial charge < -0.3 is 9.84 Å². The van der Waals surface area contributed by atoms with Crippen molar-refractivity contribution in [1.82, 2.24) is 0 Å². The van der Waals surface area contributed by atoms with Crippen LogP contribution in [-0.2, 0) is 9.53 Å².